The van der Waals surface area contributed by atoms with Crippen LogP contribution in [0.25, 0.3) is 0 Å². The third-order valence-electron chi connectivity index (χ3n) is 2.61. The van der Waals surface area contributed by atoms with Crippen LogP contribution in [-0.2, 0) is 0 Å². The highest BCUT2D eigenvalue weighted by molar-refractivity contribution is 6.10. The number of para-hydroxylation sites is 1. The number of ketones is 1. The Morgan fingerprint density at radius 2 is 1.84 bits per heavy atom. The largest absolute Gasteiger partial charge is 0.493 e. The number of hydrogen-bond donors (Lipinski definition) is 0. The van der Waals surface area contributed by atoms with Gasteiger partial charge < -0.3 is 4.74 Å². The van der Waals surface area contributed by atoms with Crippen molar-refractivity contribution in [3.8, 4) is 5.75 Å². The van der Waals surface area contributed by atoms with E-state index < -0.39 is 17.4 Å². The van der Waals surface area contributed by atoms with Crippen molar-refractivity contribution in [1.29, 1.82) is 0 Å². The molecule has 19 heavy (non-hydrogen) atoms. The Morgan fingerprint density at radius 3 is 2.53 bits per heavy atom. The van der Waals surface area contributed by atoms with Crippen LogP contribution < -0.4 is 4.74 Å². The second-order valence-corrected chi connectivity index (χ2v) is 3.89. The molecule has 0 fully saturated rings. The molecule has 2 aromatic carbocycles. The summed E-state index contributed by atoms with van der Waals surface area (Å²) in [5, 5.41) is 0. The van der Waals surface area contributed by atoms with Crippen LogP contribution in [0.1, 0.15) is 22.8 Å². The Balaban J connectivity index is 2.41. The molecule has 0 aliphatic carbocycles. The summed E-state index contributed by atoms with van der Waals surface area (Å²) in [5.41, 5.74) is 0.418. The molecule has 98 valence electrons. The number of hydrogen-bond acceptors (Lipinski definition) is 2. The van der Waals surface area contributed by atoms with E-state index in [9.17, 15) is 13.6 Å². The van der Waals surface area contributed by atoms with Gasteiger partial charge in [-0.1, -0.05) is 12.1 Å². The molecular formula is C15H12F2O2. The van der Waals surface area contributed by atoms with E-state index in [2.05, 4.69) is 0 Å². The maximum absolute atomic E-state index is 13.1. The van der Waals surface area contributed by atoms with Gasteiger partial charge in [0.2, 0.25) is 0 Å². The molecule has 0 aliphatic rings. The molecule has 0 radical (unpaired) electrons. The molecular weight excluding hydrogens is 250 g/mol. The molecule has 0 unspecified atom stereocenters. The Kier molecular flexibility index (Phi) is 3.90. The molecule has 2 nitrogen and oxygen atoms in total. The lowest BCUT2D eigenvalue weighted by atomic mass is 10.0. The van der Waals surface area contributed by atoms with Gasteiger partial charge in [-0.2, -0.15) is 0 Å². The van der Waals surface area contributed by atoms with Crippen molar-refractivity contribution < 1.29 is 18.3 Å². The van der Waals surface area contributed by atoms with Crippen molar-refractivity contribution >= 4 is 5.78 Å². The van der Waals surface area contributed by atoms with Gasteiger partial charge >= 0.3 is 0 Å². The van der Waals surface area contributed by atoms with Crippen LogP contribution in [-0.4, -0.2) is 12.4 Å². The molecule has 0 atom stereocenters. The maximum Gasteiger partial charge on any atom is 0.196 e. The zero-order valence-electron chi connectivity index (χ0n) is 10.3. The molecule has 0 saturated heterocycles. The lowest BCUT2D eigenvalue weighted by molar-refractivity contribution is 0.103. The summed E-state index contributed by atoms with van der Waals surface area (Å²) in [6.45, 7) is 2.22. The van der Waals surface area contributed by atoms with Gasteiger partial charge in [0.05, 0.1) is 12.2 Å². The first-order valence-electron chi connectivity index (χ1n) is 5.85. The summed E-state index contributed by atoms with van der Waals surface area (Å²) in [6, 6.07) is 9.77. The fourth-order valence-electron chi connectivity index (χ4n) is 1.73. The van der Waals surface area contributed by atoms with E-state index >= 15 is 0 Å². The Hall–Kier alpha value is -2.23. The first-order chi connectivity index (χ1) is 9.13. The predicted octanol–water partition coefficient (Wildman–Crippen LogP) is 3.59. The number of ether oxygens (including phenoxy) is 1. The van der Waals surface area contributed by atoms with Crippen molar-refractivity contribution in [3.05, 3.63) is 65.2 Å². The van der Waals surface area contributed by atoms with Gasteiger partial charge in [0.15, 0.2) is 17.4 Å². The molecule has 4 heteroatoms. The highest BCUT2D eigenvalue weighted by atomic mass is 19.2. The molecule has 0 saturated carbocycles. The average Bonchev–Trinajstić information content (AvgIpc) is 2.42. The van der Waals surface area contributed by atoms with E-state index in [4.69, 9.17) is 4.74 Å². The Bertz CT molecular complexity index is 609. The topological polar surface area (TPSA) is 26.3 Å². The van der Waals surface area contributed by atoms with Crippen molar-refractivity contribution in [1.82, 2.24) is 0 Å². The van der Waals surface area contributed by atoms with E-state index in [1.165, 1.54) is 6.07 Å². The third kappa shape index (κ3) is 2.78. The first kappa shape index (κ1) is 13.2. The van der Waals surface area contributed by atoms with E-state index in [-0.39, 0.29) is 5.56 Å². The fourth-order valence-corrected chi connectivity index (χ4v) is 1.73. The fraction of sp³-hybridized carbons (Fsp3) is 0.133. The van der Waals surface area contributed by atoms with Gasteiger partial charge in [-0.15, -0.1) is 0 Å². The molecule has 0 spiro atoms. The summed E-state index contributed by atoms with van der Waals surface area (Å²) in [7, 11) is 0. The standard InChI is InChI=1S/C15H12F2O2/c1-2-19-14-6-4-3-5-11(14)15(18)10-7-8-12(16)13(17)9-10/h3-9H,2H2,1H3. The highest BCUT2D eigenvalue weighted by Gasteiger charge is 2.15. The Labute approximate surface area is 109 Å². The SMILES string of the molecule is CCOc1ccccc1C(=O)c1ccc(F)c(F)c1. The molecule has 0 aliphatic heterocycles. The van der Waals surface area contributed by atoms with Crippen LogP contribution in [0.4, 0.5) is 8.78 Å². The predicted molar refractivity (Wildman–Crippen MR) is 67.4 cm³/mol. The van der Waals surface area contributed by atoms with E-state index in [1.807, 2.05) is 0 Å². The maximum atomic E-state index is 13.1. The van der Waals surface area contributed by atoms with Crippen LogP contribution in [0.3, 0.4) is 0 Å². The van der Waals surface area contributed by atoms with E-state index in [0.29, 0.717) is 17.9 Å². The number of carbonyl (C=O) groups excluding carboxylic acids is 1. The minimum Gasteiger partial charge on any atom is -0.493 e. The number of carbonyl (C=O) groups is 1. The molecule has 0 aromatic heterocycles. The Morgan fingerprint density at radius 1 is 1.11 bits per heavy atom. The zero-order valence-corrected chi connectivity index (χ0v) is 10.3. The molecule has 2 rings (SSSR count). The second kappa shape index (κ2) is 5.61. The van der Waals surface area contributed by atoms with E-state index in [1.54, 1.807) is 31.2 Å². The summed E-state index contributed by atoms with van der Waals surface area (Å²) in [6.07, 6.45) is 0. The minimum absolute atomic E-state index is 0.0889. The van der Waals surface area contributed by atoms with Crippen LogP contribution in [0.2, 0.25) is 0 Å². The van der Waals surface area contributed by atoms with Crippen molar-refractivity contribution in [2.24, 2.45) is 0 Å². The lowest BCUT2D eigenvalue weighted by Crippen LogP contribution is -2.06. The molecule has 2 aromatic rings. The molecule has 0 heterocycles. The van der Waals surface area contributed by atoms with E-state index in [0.717, 1.165) is 12.1 Å². The van der Waals surface area contributed by atoms with Gasteiger partial charge in [-0.25, -0.2) is 8.78 Å². The third-order valence-corrected chi connectivity index (χ3v) is 2.61. The van der Waals surface area contributed by atoms with Crippen molar-refractivity contribution in [2.45, 2.75) is 6.92 Å². The summed E-state index contributed by atoms with van der Waals surface area (Å²) < 4.78 is 31.3. The minimum atomic E-state index is -1.04. The number of rotatable bonds is 4. The normalized spacial score (nSPS) is 10.3. The highest BCUT2D eigenvalue weighted by Crippen LogP contribution is 2.22. The molecule has 0 amide bonds. The summed E-state index contributed by atoms with van der Waals surface area (Å²) in [4.78, 5) is 12.2. The second-order valence-electron chi connectivity index (χ2n) is 3.89. The summed E-state index contributed by atoms with van der Waals surface area (Å²) >= 11 is 0. The monoisotopic (exact) mass is 262 g/mol. The van der Waals surface area contributed by atoms with Gasteiger partial charge in [0.1, 0.15) is 5.75 Å². The van der Waals surface area contributed by atoms with Crippen LogP contribution in [0.15, 0.2) is 42.5 Å². The molecule has 0 N–H and O–H groups in total. The summed E-state index contributed by atoms with van der Waals surface area (Å²) in [5.74, 6) is -1.99. The number of halogens is 2. The molecule has 0 bridgehead atoms. The van der Waals surface area contributed by atoms with Crippen molar-refractivity contribution in [3.63, 3.8) is 0 Å². The van der Waals surface area contributed by atoms with Crippen LogP contribution in [0, 0.1) is 11.6 Å². The number of benzene rings is 2. The zero-order chi connectivity index (χ0) is 13.8. The quantitative estimate of drug-likeness (QED) is 0.787. The van der Waals surface area contributed by atoms with Gasteiger partial charge in [0, 0.05) is 5.56 Å². The van der Waals surface area contributed by atoms with Gasteiger partial charge in [-0.05, 0) is 37.3 Å². The van der Waals surface area contributed by atoms with Gasteiger partial charge in [0.25, 0.3) is 0 Å². The van der Waals surface area contributed by atoms with Crippen LogP contribution in [0.5, 0.6) is 5.75 Å². The van der Waals surface area contributed by atoms with Crippen LogP contribution >= 0.6 is 0 Å². The smallest absolute Gasteiger partial charge is 0.196 e. The average molecular weight is 262 g/mol. The van der Waals surface area contributed by atoms with Gasteiger partial charge in [-0.3, -0.25) is 4.79 Å². The lowest BCUT2D eigenvalue weighted by Gasteiger charge is -2.09. The first-order valence-corrected chi connectivity index (χ1v) is 5.85. The van der Waals surface area contributed by atoms with Crippen molar-refractivity contribution in [2.75, 3.05) is 6.61 Å².